The summed E-state index contributed by atoms with van der Waals surface area (Å²) in [6, 6.07) is 0. The van der Waals surface area contributed by atoms with Crippen LogP contribution >= 0.6 is 0 Å². The molecule has 0 atom stereocenters. The molecule has 1 N–H and O–H groups in total. The van der Waals surface area contributed by atoms with Crippen LogP contribution in [0.1, 0.15) is 6.92 Å². The highest BCUT2D eigenvalue weighted by Gasteiger charge is 1.94. The van der Waals surface area contributed by atoms with Gasteiger partial charge in [-0.1, -0.05) is 0 Å². The summed E-state index contributed by atoms with van der Waals surface area (Å²) in [6.07, 6.45) is 3.16. The molecule has 3 nitrogen and oxygen atoms in total. The Bertz CT molecular complexity index is 130. The van der Waals surface area contributed by atoms with Gasteiger partial charge in [-0.3, -0.25) is 4.79 Å². The SMILES string of the molecule is CCN/C=C/C(=O)N(C)C. The molecule has 0 aromatic heterocycles. The maximum Gasteiger partial charge on any atom is 0.247 e. The first kappa shape index (κ1) is 9.01. The fourth-order valence-electron chi connectivity index (χ4n) is 0.397. The van der Waals surface area contributed by atoms with Gasteiger partial charge in [0, 0.05) is 32.9 Å². The largest absolute Gasteiger partial charge is 0.391 e. The van der Waals surface area contributed by atoms with Gasteiger partial charge in [-0.2, -0.15) is 0 Å². The van der Waals surface area contributed by atoms with Crippen LogP contribution in [-0.2, 0) is 4.79 Å². The first-order valence-electron chi connectivity index (χ1n) is 3.29. The molecule has 10 heavy (non-hydrogen) atoms. The van der Waals surface area contributed by atoms with Crippen molar-refractivity contribution in [3.8, 4) is 0 Å². The third-order valence-corrected chi connectivity index (χ3v) is 0.989. The highest BCUT2D eigenvalue weighted by Crippen LogP contribution is 1.78. The van der Waals surface area contributed by atoms with E-state index in [4.69, 9.17) is 0 Å². The van der Waals surface area contributed by atoms with Gasteiger partial charge in [-0.15, -0.1) is 0 Å². The Kier molecular flexibility index (Phi) is 4.37. The van der Waals surface area contributed by atoms with Crippen molar-refractivity contribution >= 4 is 5.91 Å². The number of amides is 1. The lowest BCUT2D eigenvalue weighted by molar-refractivity contribution is -0.123. The van der Waals surface area contributed by atoms with E-state index in [9.17, 15) is 4.79 Å². The van der Waals surface area contributed by atoms with Crippen molar-refractivity contribution in [2.24, 2.45) is 0 Å². The van der Waals surface area contributed by atoms with Crippen molar-refractivity contribution in [1.82, 2.24) is 10.2 Å². The van der Waals surface area contributed by atoms with Crippen LogP contribution in [-0.4, -0.2) is 31.4 Å². The van der Waals surface area contributed by atoms with Crippen LogP contribution in [0.5, 0.6) is 0 Å². The molecule has 58 valence electrons. The average molecular weight is 142 g/mol. The molecule has 0 rings (SSSR count). The summed E-state index contributed by atoms with van der Waals surface area (Å²) in [7, 11) is 3.44. The van der Waals surface area contributed by atoms with E-state index in [0.29, 0.717) is 0 Å². The first-order valence-corrected chi connectivity index (χ1v) is 3.29. The molecule has 0 aliphatic heterocycles. The summed E-state index contributed by atoms with van der Waals surface area (Å²) in [6.45, 7) is 2.82. The molecule has 0 aliphatic carbocycles. The molecule has 0 aromatic carbocycles. The van der Waals surface area contributed by atoms with E-state index in [1.807, 2.05) is 6.92 Å². The summed E-state index contributed by atoms with van der Waals surface area (Å²) in [5, 5.41) is 2.91. The van der Waals surface area contributed by atoms with E-state index in [1.54, 1.807) is 20.3 Å². The molecule has 0 radical (unpaired) electrons. The fourth-order valence-corrected chi connectivity index (χ4v) is 0.397. The Morgan fingerprint density at radius 1 is 1.60 bits per heavy atom. The van der Waals surface area contributed by atoms with Crippen LogP contribution in [0.3, 0.4) is 0 Å². The van der Waals surface area contributed by atoms with Crippen LogP contribution in [0.25, 0.3) is 0 Å². The monoisotopic (exact) mass is 142 g/mol. The van der Waals surface area contributed by atoms with Gasteiger partial charge in [0.1, 0.15) is 0 Å². The number of carbonyl (C=O) groups excluding carboxylic acids is 1. The quantitative estimate of drug-likeness (QED) is 0.571. The van der Waals surface area contributed by atoms with Crippen molar-refractivity contribution in [3.63, 3.8) is 0 Å². The van der Waals surface area contributed by atoms with Crippen molar-refractivity contribution in [3.05, 3.63) is 12.3 Å². The maximum absolute atomic E-state index is 10.8. The summed E-state index contributed by atoms with van der Waals surface area (Å²) >= 11 is 0. The molecule has 0 saturated heterocycles. The maximum atomic E-state index is 10.8. The minimum absolute atomic E-state index is 0.000880. The number of nitrogens with one attached hydrogen (secondary N) is 1. The van der Waals surface area contributed by atoms with E-state index in [0.717, 1.165) is 6.54 Å². The molecule has 0 bridgehead atoms. The van der Waals surface area contributed by atoms with Crippen LogP contribution in [0.15, 0.2) is 12.3 Å². The molecule has 3 heteroatoms. The van der Waals surface area contributed by atoms with Crippen molar-refractivity contribution in [2.75, 3.05) is 20.6 Å². The van der Waals surface area contributed by atoms with E-state index >= 15 is 0 Å². The topological polar surface area (TPSA) is 32.3 Å². The lowest BCUT2D eigenvalue weighted by Crippen LogP contribution is -2.19. The molecule has 0 heterocycles. The number of carbonyl (C=O) groups is 1. The van der Waals surface area contributed by atoms with Crippen molar-refractivity contribution < 1.29 is 4.79 Å². The zero-order valence-corrected chi connectivity index (χ0v) is 6.72. The first-order chi connectivity index (χ1) is 4.68. The Balaban J connectivity index is 3.56. The van der Waals surface area contributed by atoms with E-state index in [2.05, 4.69) is 5.32 Å². The molecule has 0 unspecified atom stereocenters. The second-order valence-electron chi connectivity index (χ2n) is 2.12. The minimum Gasteiger partial charge on any atom is -0.391 e. The molecule has 0 fully saturated rings. The standard InChI is InChI=1S/C7H14N2O/c1-4-8-6-5-7(10)9(2)3/h5-6,8H,4H2,1-3H3/b6-5+. The normalized spacial score (nSPS) is 9.90. The van der Waals surface area contributed by atoms with Gasteiger partial charge < -0.3 is 10.2 Å². The van der Waals surface area contributed by atoms with Gasteiger partial charge in [0.25, 0.3) is 0 Å². The van der Waals surface area contributed by atoms with Gasteiger partial charge in [-0.25, -0.2) is 0 Å². The molecular weight excluding hydrogens is 128 g/mol. The van der Waals surface area contributed by atoms with E-state index in [1.165, 1.54) is 11.0 Å². The van der Waals surface area contributed by atoms with Gasteiger partial charge >= 0.3 is 0 Å². The average Bonchev–Trinajstić information content (AvgIpc) is 1.88. The lowest BCUT2D eigenvalue weighted by atomic mass is 10.5. The number of hydrogen-bond acceptors (Lipinski definition) is 2. The number of rotatable bonds is 3. The molecule has 0 spiro atoms. The van der Waals surface area contributed by atoms with E-state index < -0.39 is 0 Å². The number of likely N-dealkylation sites (N-methyl/N-ethyl adjacent to an activating group) is 1. The van der Waals surface area contributed by atoms with Gasteiger partial charge in [0.15, 0.2) is 0 Å². The molecule has 0 aromatic rings. The Labute approximate surface area is 61.7 Å². The summed E-state index contributed by atoms with van der Waals surface area (Å²) in [4.78, 5) is 12.3. The summed E-state index contributed by atoms with van der Waals surface area (Å²) in [5.74, 6) is 0.000880. The van der Waals surface area contributed by atoms with Gasteiger partial charge in [-0.05, 0) is 6.92 Å². The lowest BCUT2D eigenvalue weighted by Gasteiger charge is -2.04. The van der Waals surface area contributed by atoms with Gasteiger partial charge in [0.05, 0.1) is 0 Å². The molecule has 0 aliphatic rings. The smallest absolute Gasteiger partial charge is 0.247 e. The van der Waals surface area contributed by atoms with E-state index in [-0.39, 0.29) is 5.91 Å². The summed E-state index contributed by atoms with van der Waals surface area (Å²) in [5.41, 5.74) is 0. The Hall–Kier alpha value is -0.990. The molecule has 1 amide bonds. The van der Waals surface area contributed by atoms with Crippen molar-refractivity contribution in [1.29, 1.82) is 0 Å². The van der Waals surface area contributed by atoms with Crippen LogP contribution in [0.2, 0.25) is 0 Å². The summed E-state index contributed by atoms with van der Waals surface area (Å²) < 4.78 is 0. The molecule has 0 saturated carbocycles. The zero-order valence-electron chi connectivity index (χ0n) is 6.72. The van der Waals surface area contributed by atoms with Gasteiger partial charge in [0.2, 0.25) is 5.91 Å². The highest BCUT2D eigenvalue weighted by atomic mass is 16.2. The number of nitrogens with zero attached hydrogens (tertiary/aromatic N) is 1. The second kappa shape index (κ2) is 4.85. The van der Waals surface area contributed by atoms with Crippen LogP contribution < -0.4 is 5.32 Å². The third-order valence-electron chi connectivity index (χ3n) is 0.989. The predicted molar refractivity (Wildman–Crippen MR) is 41.5 cm³/mol. The third kappa shape index (κ3) is 3.95. The number of hydrogen-bond donors (Lipinski definition) is 1. The highest BCUT2D eigenvalue weighted by molar-refractivity contribution is 5.86. The molecular formula is C7H14N2O. The second-order valence-corrected chi connectivity index (χ2v) is 2.12. The fraction of sp³-hybridized carbons (Fsp3) is 0.571. The minimum atomic E-state index is 0.000880. The Morgan fingerprint density at radius 3 is 2.60 bits per heavy atom. The van der Waals surface area contributed by atoms with Crippen LogP contribution in [0, 0.1) is 0 Å². The zero-order chi connectivity index (χ0) is 7.98. The van der Waals surface area contributed by atoms with Crippen molar-refractivity contribution in [2.45, 2.75) is 6.92 Å². The predicted octanol–water partition coefficient (Wildman–Crippen LogP) is 0.198. The Morgan fingerprint density at radius 2 is 2.20 bits per heavy atom. The van der Waals surface area contributed by atoms with Crippen LogP contribution in [0.4, 0.5) is 0 Å².